The number of hydrogen-bond donors (Lipinski definition) is 2. The summed E-state index contributed by atoms with van der Waals surface area (Å²) >= 11 is 5.32. The lowest BCUT2D eigenvalue weighted by Gasteiger charge is -2.28. The summed E-state index contributed by atoms with van der Waals surface area (Å²) in [4.78, 5) is 11.0. The molecule has 24 heavy (non-hydrogen) atoms. The number of methoxy groups -OCH3 is 1. The Labute approximate surface area is 146 Å². The Bertz CT molecular complexity index is 562. The third kappa shape index (κ3) is 4.65. The predicted octanol–water partition coefficient (Wildman–Crippen LogP) is 0.787. The Balaban J connectivity index is 1.61. The summed E-state index contributed by atoms with van der Waals surface area (Å²) in [6, 6.07) is 1.82. The molecule has 0 spiro atoms. The van der Waals surface area contributed by atoms with Gasteiger partial charge in [-0.25, -0.2) is 0 Å². The molecule has 0 aliphatic carbocycles. The first-order valence-corrected chi connectivity index (χ1v) is 8.57. The lowest BCUT2D eigenvalue weighted by atomic mass is 10.2. The fraction of sp³-hybridized carbons (Fsp3) is 0.667. The molecular weight excluding hydrogens is 330 g/mol. The molecule has 2 aliphatic heterocycles. The van der Waals surface area contributed by atoms with Crippen LogP contribution in [0.15, 0.2) is 6.07 Å². The van der Waals surface area contributed by atoms with Gasteiger partial charge in [-0.2, -0.15) is 9.97 Å². The normalized spacial score (nSPS) is 20.7. The van der Waals surface area contributed by atoms with Crippen molar-refractivity contribution in [2.45, 2.75) is 18.9 Å². The van der Waals surface area contributed by atoms with E-state index in [1.807, 2.05) is 6.07 Å². The summed E-state index contributed by atoms with van der Waals surface area (Å²) in [6.45, 7) is 4.48. The van der Waals surface area contributed by atoms with Gasteiger partial charge in [-0.15, -0.1) is 0 Å². The molecule has 2 N–H and O–H groups in total. The van der Waals surface area contributed by atoms with Gasteiger partial charge >= 0.3 is 0 Å². The molecule has 3 rings (SSSR count). The third-order valence-electron chi connectivity index (χ3n) is 3.97. The zero-order chi connectivity index (χ0) is 16.8. The first kappa shape index (κ1) is 17.1. The van der Waals surface area contributed by atoms with E-state index in [0.29, 0.717) is 36.7 Å². The molecule has 0 aromatic carbocycles. The second-order valence-electron chi connectivity index (χ2n) is 5.66. The van der Waals surface area contributed by atoms with E-state index in [2.05, 4.69) is 25.5 Å². The first-order valence-electron chi connectivity index (χ1n) is 8.17. The second-order valence-corrected chi connectivity index (χ2v) is 6.07. The van der Waals surface area contributed by atoms with Crippen molar-refractivity contribution in [2.75, 3.05) is 56.8 Å². The maximum Gasteiger partial charge on any atom is 0.234 e. The van der Waals surface area contributed by atoms with Gasteiger partial charge in [0.05, 0.1) is 26.4 Å². The summed E-state index contributed by atoms with van der Waals surface area (Å²) < 4.78 is 16.2. The highest BCUT2D eigenvalue weighted by Gasteiger charge is 2.17. The van der Waals surface area contributed by atoms with Gasteiger partial charge in [0, 0.05) is 32.3 Å². The van der Waals surface area contributed by atoms with Crippen LogP contribution >= 0.6 is 12.2 Å². The number of anilines is 2. The number of rotatable bonds is 5. The Hall–Kier alpha value is -1.71. The van der Waals surface area contributed by atoms with Gasteiger partial charge in [-0.1, -0.05) is 0 Å². The molecule has 0 amide bonds. The summed E-state index contributed by atoms with van der Waals surface area (Å²) in [5.74, 6) is 1.71. The summed E-state index contributed by atoms with van der Waals surface area (Å²) in [5.41, 5.74) is 0. The average molecular weight is 353 g/mol. The van der Waals surface area contributed by atoms with Crippen molar-refractivity contribution in [2.24, 2.45) is 0 Å². The van der Waals surface area contributed by atoms with Crippen LogP contribution in [0.1, 0.15) is 12.8 Å². The summed E-state index contributed by atoms with van der Waals surface area (Å²) in [7, 11) is 1.59. The molecule has 2 fully saturated rings. The highest BCUT2D eigenvalue weighted by molar-refractivity contribution is 7.80. The minimum atomic E-state index is 0.222. The predicted molar refractivity (Wildman–Crippen MR) is 94.8 cm³/mol. The van der Waals surface area contributed by atoms with Gasteiger partial charge < -0.3 is 29.7 Å². The number of ether oxygens (including phenoxy) is 3. The van der Waals surface area contributed by atoms with Crippen molar-refractivity contribution in [1.82, 2.24) is 15.3 Å². The maximum absolute atomic E-state index is 5.57. The van der Waals surface area contributed by atoms with Crippen molar-refractivity contribution in [3.63, 3.8) is 0 Å². The highest BCUT2D eigenvalue weighted by atomic mass is 32.1. The highest BCUT2D eigenvalue weighted by Crippen LogP contribution is 2.20. The van der Waals surface area contributed by atoms with Gasteiger partial charge in [0.25, 0.3) is 0 Å². The maximum atomic E-state index is 5.57. The van der Waals surface area contributed by atoms with E-state index in [1.165, 1.54) is 0 Å². The first-order chi connectivity index (χ1) is 11.7. The number of hydrogen-bond acceptors (Lipinski definition) is 7. The van der Waals surface area contributed by atoms with E-state index in [1.54, 1.807) is 7.11 Å². The molecule has 132 valence electrons. The number of thiocarbonyl (C=S) groups is 1. The molecule has 0 bridgehead atoms. The van der Waals surface area contributed by atoms with Crippen molar-refractivity contribution in [1.29, 1.82) is 0 Å². The van der Waals surface area contributed by atoms with Crippen molar-refractivity contribution < 1.29 is 14.2 Å². The Morgan fingerprint density at radius 3 is 2.92 bits per heavy atom. The lowest BCUT2D eigenvalue weighted by Crippen LogP contribution is -2.37. The van der Waals surface area contributed by atoms with Crippen molar-refractivity contribution in [3.8, 4) is 5.88 Å². The van der Waals surface area contributed by atoms with Crippen molar-refractivity contribution in [3.05, 3.63) is 6.07 Å². The van der Waals surface area contributed by atoms with Crippen LogP contribution in [0.3, 0.4) is 0 Å². The van der Waals surface area contributed by atoms with Gasteiger partial charge in [-0.05, 0) is 25.1 Å². The fourth-order valence-electron chi connectivity index (χ4n) is 2.69. The summed E-state index contributed by atoms with van der Waals surface area (Å²) in [6.07, 6.45) is 2.39. The zero-order valence-corrected chi connectivity index (χ0v) is 14.6. The Morgan fingerprint density at radius 2 is 2.21 bits per heavy atom. The van der Waals surface area contributed by atoms with Gasteiger partial charge in [0.1, 0.15) is 5.82 Å². The monoisotopic (exact) mass is 353 g/mol. The molecule has 0 radical (unpaired) electrons. The van der Waals surface area contributed by atoms with Crippen LogP contribution in [0, 0.1) is 0 Å². The van der Waals surface area contributed by atoms with E-state index < -0.39 is 0 Å². The minimum absolute atomic E-state index is 0.222. The fourth-order valence-corrected chi connectivity index (χ4v) is 2.86. The molecule has 0 saturated carbocycles. The Kier molecular flexibility index (Phi) is 6.00. The standard InChI is InChI=1S/C15H23N5O3S/c1-21-13-9-12(20-4-7-22-8-5-20)17-14(18-13)19-15(24)16-10-11-3-2-6-23-11/h9,11H,2-8,10H2,1H3,(H2,16,17,18,19,24)/t11-/m1/s1. The molecule has 2 saturated heterocycles. The zero-order valence-electron chi connectivity index (χ0n) is 13.8. The smallest absolute Gasteiger partial charge is 0.234 e. The van der Waals surface area contributed by atoms with Crippen molar-refractivity contribution >= 4 is 29.1 Å². The molecule has 0 unspecified atom stereocenters. The third-order valence-corrected chi connectivity index (χ3v) is 4.22. The minimum Gasteiger partial charge on any atom is -0.481 e. The number of aromatic nitrogens is 2. The van der Waals surface area contributed by atoms with Gasteiger partial charge in [0.2, 0.25) is 11.8 Å². The molecule has 9 heteroatoms. The van der Waals surface area contributed by atoms with E-state index in [4.69, 9.17) is 26.4 Å². The number of morpholine rings is 1. The quantitative estimate of drug-likeness (QED) is 0.747. The van der Waals surface area contributed by atoms with Crippen LogP contribution in [-0.2, 0) is 9.47 Å². The van der Waals surface area contributed by atoms with Crippen LogP contribution in [0.4, 0.5) is 11.8 Å². The molecule has 1 aromatic rings. The van der Waals surface area contributed by atoms with Crippen LogP contribution in [0.2, 0.25) is 0 Å². The van der Waals surface area contributed by atoms with Crippen LogP contribution in [0.25, 0.3) is 0 Å². The van der Waals surface area contributed by atoms with Gasteiger partial charge in [0.15, 0.2) is 5.11 Å². The van der Waals surface area contributed by atoms with Crippen LogP contribution in [0.5, 0.6) is 5.88 Å². The molecule has 8 nitrogen and oxygen atoms in total. The second kappa shape index (κ2) is 8.41. The van der Waals surface area contributed by atoms with E-state index in [0.717, 1.165) is 38.4 Å². The topological polar surface area (TPSA) is 80.8 Å². The van der Waals surface area contributed by atoms with E-state index in [-0.39, 0.29) is 6.10 Å². The Morgan fingerprint density at radius 1 is 1.38 bits per heavy atom. The molecule has 1 atom stereocenters. The number of nitrogens with zero attached hydrogens (tertiary/aromatic N) is 3. The SMILES string of the molecule is COc1cc(N2CCOCC2)nc(NC(=S)NC[C@H]2CCCO2)n1. The molecule has 2 aliphatic rings. The van der Waals surface area contributed by atoms with Gasteiger partial charge in [-0.3, -0.25) is 0 Å². The lowest BCUT2D eigenvalue weighted by molar-refractivity contribution is 0.114. The summed E-state index contributed by atoms with van der Waals surface area (Å²) in [5, 5.41) is 6.65. The van der Waals surface area contributed by atoms with Crippen LogP contribution < -0.4 is 20.3 Å². The average Bonchev–Trinajstić information content (AvgIpc) is 3.14. The largest absolute Gasteiger partial charge is 0.481 e. The van der Waals surface area contributed by atoms with E-state index in [9.17, 15) is 0 Å². The molecule has 1 aromatic heterocycles. The molecular formula is C15H23N5O3S. The number of nitrogens with one attached hydrogen (secondary N) is 2. The van der Waals surface area contributed by atoms with Crippen LogP contribution in [-0.4, -0.2) is 67.7 Å². The molecule has 3 heterocycles. The van der Waals surface area contributed by atoms with E-state index >= 15 is 0 Å².